The highest BCUT2D eigenvalue weighted by atomic mass is 32.2. The van der Waals surface area contributed by atoms with Gasteiger partial charge in [0.2, 0.25) is 59.1 Å². The van der Waals surface area contributed by atoms with Crippen LogP contribution in [-0.4, -0.2) is 221 Å². The van der Waals surface area contributed by atoms with E-state index < -0.39 is 175 Å². The third-order valence-electron chi connectivity index (χ3n) is 16.3. The number of rotatable bonds is 16. The van der Waals surface area contributed by atoms with Crippen LogP contribution in [0.4, 0.5) is 0 Å². The Bertz CT molecular complexity index is 3260. The number of aliphatic hydroxyl groups is 1. The molecule has 3 heterocycles. The van der Waals surface area contributed by atoms with E-state index >= 15 is 0 Å². The number of ether oxygens (including phenoxy) is 1. The van der Waals surface area contributed by atoms with Crippen LogP contribution in [0.25, 0.3) is 0 Å². The van der Waals surface area contributed by atoms with Gasteiger partial charge in [-0.1, -0.05) is 43.6 Å². The lowest BCUT2D eigenvalue weighted by Gasteiger charge is -2.30. The van der Waals surface area contributed by atoms with Crippen LogP contribution < -0.4 is 69.4 Å². The number of phenols is 1. The number of aromatic hydroxyl groups is 1. The molecule has 556 valence electrons. The number of hydrogen-bond acceptors (Lipinski definition) is 23. The molecule has 0 unspecified atom stereocenters. The molecule has 3 aliphatic heterocycles. The van der Waals surface area contributed by atoms with Gasteiger partial charge in [0.1, 0.15) is 84.7 Å². The minimum atomic E-state index is -1.92. The van der Waals surface area contributed by atoms with Gasteiger partial charge in [0.05, 0.1) is 33.2 Å². The number of thioether (sulfide) groups is 2. The smallest absolute Gasteiger partial charge is 0.342 e. The van der Waals surface area contributed by atoms with Crippen molar-refractivity contribution in [2.24, 2.45) is 22.5 Å². The maximum absolute atomic E-state index is 14.9. The number of carbonyl (C=O) groups excluding carboxylic acids is 12. The van der Waals surface area contributed by atoms with Crippen molar-refractivity contribution in [2.45, 2.75) is 176 Å². The van der Waals surface area contributed by atoms with Gasteiger partial charge in [0.25, 0.3) is 5.91 Å². The van der Waals surface area contributed by atoms with Crippen molar-refractivity contribution in [2.75, 3.05) is 51.5 Å². The summed E-state index contributed by atoms with van der Waals surface area (Å²) in [6.45, 7) is 3.97. The molecule has 0 radical (unpaired) electrons. The van der Waals surface area contributed by atoms with E-state index in [1.54, 1.807) is 26.0 Å². The number of nitrogens with zero attached hydrogens (tertiary/aromatic N) is 2. The quantitative estimate of drug-likeness (QED) is 0.0274. The van der Waals surface area contributed by atoms with E-state index in [9.17, 15) is 77.6 Å². The molecule has 11 atom stereocenters. The fraction of sp³-hybridized carbons (Fsp3) is 0.578. The van der Waals surface area contributed by atoms with E-state index in [0.29, 0.717) is 48.3 Å². The summed E-state index contributed by atoms with van der Waals surface area (Å²) in [5.41, 5.74) is 13.2. The molecule has 4 bridgehead atoms. The first kappa shape index (κ1) is 82.2. The van der Waals surface area contributed by atoms with Crippen molar-refractivity contribution in [3.05, 3.63) is 59.2 Å². The van der Waals surface area contributed by atoms with Gasteiger partial charge in [-0.25, -0.2) is 4.79 Å². The minimum Gasteiger partial charge on any atom is -0.508 e. The number of amides is 11. The van der Waals surface area contributed by atoms with Crippen LogP contribution in [0, 0.1) is 11.3 Å². The second-order valence-electron chi connectivity index (χ2n) is 24.3. The highest BCUT2D eigenvalue weighted by Gasteiger charge is 2.41. The van der Waals surface area contributed by atoms with Crippen molar-refractivity contribution < 1.29 is 97.0 Å². The van der Waals surface area contributed by atoms with E-state index in [1.807, 2.05) is 6.07 Å². The Morgan fingerprint density at radius 1 is 0.733 bits per heavy atom. The van der Waals surface area contributed by atoms with Crippen LogP contribution >= 0.6 is 23.5 Å². The zero-order valence-electron chi connectivity index (χ0n) is 56.7. The van der Waals surface area contributed by atoms with Crippen LogP contribution in [0.3, 0.4) is 0 Å². The Morgan fingerprint density at radius 3 is 1.99 bits per heavy atom. The number of phenolic OH excluding ortho intramolecular Hbond substituents is 1. The number of primary amides is 1. The number of carbonyl (C=O) groups is 13. The number of aliphatic carboxylic acids is 1. The summed E-state index contributed by atoms with van der Waals surface area (Å²) in [6, 6.07) is -4.59. The second kappa shape index (κ2) is 42.6. The molecule has 11 amide bonds. The number of hydrogen-bond donors (Lipinski definition) is 16. The molecule has 18 N–H and O–H groups in total. The molecular formula is C64H93N15O20S2. The molecule has 0 spiro atoms. The number of aliphatic hydroxyl groups excluding tert-OH is 1. The van der Waals surface area contributed by atoms with Crippen LogP contribution in [-0.2, 0) is 94.9 Å². The lowest BCUT2D eigenvalue weighted by molar-refractivity contribution is -0.255. The van der Waals surface area contributed by atoms with Gasteiger partial charge in [-0.15, -0.1) is 0 Å². The van der Waals surface area contributed by atoms with Crippen molar-refractivity contribution in [3.8, 4) is 11.5 Å². The van der Waals surface area contributed by atoms with E-state index in [2.05, 4.69) is 68.1 Å². The third kappa shape index (κ3) is 28.2. The van der Waals surface area contributed by atoms with Gasteiger partial charge in [0.15, 0.2) is 5.96 Å². The predicted octanol–water partition coefficient (Wildman–Crippen LogP) is -2.41. The molecule has 0 aliphatic carbocycles. The first-order chi connectivity index (χ1) is 48.2. The molecule has 101 heavy (non-hydrogen) atoms. The number of guanidine groups is 1. The van der Waals surface area contributed by atoms with Crippen molar-refractivity contribution in [1.82, 2.24) is 58.1 Å². The number of fused-ring (bicyclic) bond motifs is 6. The number of benzene rings is 2. The Hall–Kier alpha value is -9.49. The molecule has 0 aromatic heterocycles. The lowest BCUT2D eigenvalue weighted by atomic mass is 9.96. The Balaban J connectivity index is 1.61. The summed E-state index contributed by atoms with van der Waals surface area (Å²) in [6.07, 6.45) is 1.21. The number of nitrogens with two attached hydrogens (primary N) is 2. The monoisotopic (exact) mass is 1460 g/mol. The van der Waals surface area contributed by atoms with E-state index in [-0.39, 0.29) is 80.6 Å². The molecule has 2 aromatic rings. The van der Waals surface area contributed by atoms with Gasteiger partial charge in [-0.3, -0.25) is 67.8 Å². The number of carboxylic acids is 1. The van der Waals surface area contributed by atoms with Crippen LogP contribution in [0.15, 0.2) is 47.6 Å². The molecule has 2 aromatic carbocycles. The fourth-order valence-corrected chi connectivity index (χ4v) is 12.7. The summed E-state index contributed by atoms with van der Waals surface area (Å²) >= 11 is 2.39. The summed E-state index contributed by atoms with van der Waals surface area (Å²) < 4.78 is 6.25. The van der Waals surface area contributed by atoms with Crippen LogP contribution in [0.5, 0.6) is 11.5 Å². The first-order valence-corrected chi connectivity index (χ1v) is 35.3. The van der Waals surface area contributed by atoms with E-state index in [1.165, 1.54) is 47.8 Å². The fourth-order valence-electron chi connectivity index (χ4n) is 10.7. The summed E-state index contributed by atoms with van der Waals surface area (Å²) in [5, 5.41) is 67.1. The average molecular weight is 1460 g/mol. The molecule has 5 rings (SSSR count). The van der Waals surface area contributed by atoms with Gasteiger partial charge in [-0.2, -0.15) is 28.4 Å². The standard InChI is InChI=1S/C64H93N15O20S2/c1-5-35(2)53-62(94)76-47(54(65)86)33-100-31-38-24-39-26-41(25-38)97-22-8-6-7-9-23-98-69-29-50(82)71-46(30-80)60(92)77-48(34-101-32-39)63(95)79-21-11-13-49(79)61(93)75-45(28-51(83)84)58(90)70-36(3)55(87)72-43(18-19-52(85)99-96-4)57(89)73-42(12-10-20-68-64(66)67)56(88)74-44(59(91)78-53)27-37-14-16-40(81)17-15-37/h14-17,24-26,29,35-36,42-49,53,80-81H,5-13,18-23,27-28,30-34H2,1-4H3,(H2,65,86)(H,70,90)(H,71,82)(H,72,87)(H,73,89)(H,74,88)(H,75,93)(H,76,94)(H,77,92)(H,78,91)(H,83,84)(H4,66,67,68)/b69-29+/t35-,36+,42+,43+,44+,45+,46+,47+,48+,49+,53+/m1/s1. The van der Waals surface area contributed by atoms with Crippen molar-refractivity contribution in [1.29, 1.82) is 5.41 Å². The highest BCUT2D eigenvalue weighted by Crippen LogP contribution is 2.27. The average Bonchev–Trinajstić information content (AvgIpc) is 1.76. The maximum atomic E-state index is 14.9. The van der Waals surface area contributed by atoms with Gasteiger partial charge in [0, 0.05) is 42.5 Å². The topological polar surface area (TPSA) is 531 Å². The lowest BCUT2D eigenvalue weighted by Crippen LogP contribution is -2.61. The molecule has 1 fully saturated rings. The summed E-state index contributed by atoms with van der Waals surface area (Å²) in [5.74, 6) is -14.0. The normalized spacial score (nSPS) is 25.1. The maximum Gasteiger partial charge on any atom is 0.342 e. The molecule has 3 aliphatic rings. The van der Waals surface area contributed by atoms with Gasteiger partial charge >= 0.3 is 11.9 Å². The van der Waals surface area contributed by atoms with E-state index in [4.69, 9.17) is 26.5 Å². The largest absolute Gasteiger partial charge is 0.508 e. The molecule has 1 saturated heterocycles. The van der Waals surface area contributed by atoms with Gasteiger partial charge < -0.3 is 94.4 Å². The third-order valence-corrected chi connectivity index (χ3v) is 18.5. The molecule has 35 nitrogen and oxygen atoms in total. The SMILES string of the molecule is CC[C@@H](C)[C@@H]1NC(=O)[C@H](Cc2ccc(O)cc2)NC(=O)[C@H](CCCNC(=N)N)NC(=O)[C@H](CCC(=O)OOC)NC(=O)[C@H](C)NC(=O)[C@H](CC(=O)O)NC(=O)[C@@H]2CCCN2C(=O)[C@@H]2CSCc3cc(cc(c3)OCCCCCCO/N=C/C(=O)N[C@@H](CO)C(=O)N2)CSC[C@@H](C(N)=O)NC1=O. The predicted molar refractivity (Wildman–Crippen MR) is 366 cm³/mol. The minimum absolute atomic E-state index is 0.0179. The molecule has 37 heteroatoms. The molecular weight excluding hydrogens is 1360 g/mol. The van der Waals surface area contributed by atoms with Gasteiger partial charge in [-0.05, 0) is 112 Å². The number of nitrogens with one attached hydrogen (secondary N) is 11. The zero-order chi connectivity index (χ0) is 74.1. The van der Waals surface area contributed by atoms with Crippen LogP contribution in [0.1, 0.15) is 115 Å². The summed E-state index contributed by atoms with van der Waals surface area (Å²) in [4.78, 5) is 196. The Morgan fingerprint density at radius 2 is 1.35 bits per heavy atom. The molecule has 0 saturated carbocycles. The number of carboxylic acid groups (broad SMARTS) is 1. The number of oxime groups is 1. The zero-order valence-corrected chi connectivity index (χ0v) is 58.3. The van der Waals surface area contributed by atoms with Crippen molar-refractivity contribution >= 4 is 113 Å². The van der Waals surface area contributed by atoms with Crippen molar-refractivity contribution in [3.63, 3.8) is 0 Å². The summed E-state index contributed by atoms with van der Waals surface area (Å²) in [7, 11) is 1.03. The second-order valence-corrected chi connectivity index (χ2v) is 26.3. The highest BCUT2D eigenvalue weighted by molar-refractivity contribution is 7.98. The Labute approximate surface area is 591 Å². The first-order valence-electron chi connectivity index (χ1n) is 33.0. The van der Waals surface area contributed by atoms with E-state index in [0.717, 1.165) is 38.0 Å². The Kier molecular flexibility index (Phi) is 34.6. The van der Waals surface area contributed by atoms with Crippen LogP contribution in [0.2, 0.25) is 0 Å².